The molecule has 1 aromatic heterocycles. The van der Waals surface area contributed by atoms with Crippen LogP contribution in [0.15, 0.2) is 36.4 Å². The number of hydrogen-bond acceptors (Lipinski definition) is 3. The summed E-state index contributed by atoms with van der Waals surface area (Å²) in [5.74, 6) is 0.646. The summed E-state index contributed by atoms with van der Waals surface area (Å²) in [7, 11) is 1.60. The van der Waals surface area contributed by atoms with E-state index < -0.39 is 0 Å². The van der Waals surface area contributed by atoms with Crippen molar-refractivity contribution in [3.63, 3.8) is 0 Å². The first-order valence-corrected chi connectivity index (χ1v) is 4.71. The molecule has 15 heavy (non-hydrogen) atoms. The van der Waals surface area contributed by atoms with Gasteiger partial charge in [-0.05, 0) is 0 Å². The number of allylic oxidation sites excluding steroid dienone is 5. The van der Waals surface area contributed by atoms with Gasteiger partial charge in [-0.2, -0.15) is 0 Å². The standard InChI is InChI=1S/C11H8ClN2O/c1-15-10-5-3-2-4-8(10)9-6-11(12)14-7-13-9/h2-4,6-7H,1H3/q+1. The molecule has 1 aromatic rings. The lowest BCUT2D eigenvalue weighted by Gasteiger charge is -2.03. The van der Waals surface area contributed by atoms with Crippen LogP contribution in [0.25, 0.3) is 5.57 Å². The number of rotatable bonds is 2. The van der Waals surface area contributed by atoms with Gasteiger partial charge < -0.3 is 4.74 Å². The third-order valence-electron chi connectivity index (χ3n) is 1.93. The predicted molar refractivity (Wildman–Crippen MR) is 57.9 cm³/mol. The van der Waals surface area contributed by atoms with Gasteiger partial charge in [0.15, 0.2) is 5.57 Å². The molecule has 0 bridgehead atoms. The van der Waals surface area contributed by atoms with Crippen LogP contribution in [0.1, 0.15) is 5.69 Å². The smallest absolute Gasteiger partial charge is 0.299 e. The van der Waals surface area contributed by atoms with E-state index in [-0.39, 0.29) is 0 Å². The van der Waals surface area contributed by atoms with Crippen molar-refractivity contribution in [2.45, 2.75) is 0 Å². The second-order valence-electron chi connectivity index (χ2n) is 2.84. The second-order valence-corrected chi connectivity index (χ2v) is 3.23. The Bertz CT molecular complexity index is 463. The fourth-order valence-corrected chi connectivity index (χ4v) is 1.42. The monoisotopic (exact) mass is 219 g/mol. The number of methoxy groups -OCH3 is 1. The van der Waals surface area contributed by atoms with Gasteiger partial charge in [0.2, 0.25) is 0 Å². The molecule has 0 amide bonds. The lowest BCUT2D eigenvalue weighted by atomic mass is 10.1. The van der Waals surface area contributed by atoms with Gasteiger partial charge in [-0.1, -0.05) is 11.6 Å². The van der Waals surface area contributed by atoms with Crippen molar-refractivity contribution in [2.75, 3.05) is 7.11 Å². The molecule has 2 rings (SSSR count). The first-order chi connectivity index (χ1) is 7.31. The summed E-state index contributed by atoms with van der Waals surface area (Å²) in [6.07, 6.45) is 9.95. The zero-order valence-corrected chi connectivity index (χ0v) is 8.82. The van der Waals surface area contributed by atoms with Crippen LogP contribution in [0.2, 0.25) is 5.15 Å². The van der Waals surface area contributed by atoms with Crippen molar-refractivity contribution < 1.29 is 4.74 Å². The van der Waals surface area contributed by atoms with Gasteiger partial charge in [0.05, 0.1) is 19.3 Å². The van der Waals surface area contributed by atoms with Crippen molar-refractivity contribution in [1.82, 2.24) is 9.97 Å². The highest BCUT2D eigenvalue weighted by molar-refractivity contribution is 6.29. The van der Waals surface area contributed by atoms with Crippen LogP contribution in [-0.4, -0.2) is 17.1 Å². The molecule has 0 unspecified atom stereocenters. The van der Waals surface area contributed by atoms with E-state index in [1.165, 1.54) is 6.33 Å². The Morgan fingerprint density at radius 2 is 2.27 bits per heavy atom. The lowest BCUT2D eigenvalue weighted by molar-refractivity contribution is 0.309. The van der Waals surface area contributed by atoms with E-state index in [9.17, 15) is 0 Å². The van der Waals surface area contributed by atoms with Crippen molar-refractivity contribution >= 4 is 17.2 Å². The van der Waals surface area contributed by atoms with E-state index in [1.54, 1.807) is 19.3 Å². The SMILES string of the molecule is COC1=[C+]C=CC=C1c1cc(Cl)ncn1. The molecule has 4 heteroatoms. The largest absolute Gasteiger partial charge is 0.468 e. The topological polar surface area (TPSA) is 35.0 Å². The quantitative estimate of drug-likeness (QED) is 0.566. The maximum atomic E-state index is 5.79. The molecule has 0 saturated carbocycles. The van der Waals surface area contributed by atoms with E-state index in [1.807, 2.05) is 12.2 Å². The number of hydrogen-bond donors (Lipinski definition) is 0. The van der Waals surface area contributed by atoms with Crippen molar-refractivity contribution in [3.05, 3.63) is 53.3 Å². The molecular weight excluding hydrogens is 212 g/mol. The van der Waals surface area contributed by atoms with Crippen LogP contribution < -0.4 is 0 Å². The zero-order chi connectivity index (χ0) is 10.7. The molecular formula is C11H8ClN2O+. The Morgan fingerprint density at radius 1 is 1.40 bits per heavy atom. The van der Waals surface area contributed by atoms with Gasteiger partial charge in [-0.15, -0.1) is 0 Å². The first kappa shape index (κ1) is 9.84. The van der Waals surface area contributed by atoms with Gasteiger partial charge in [0.1, 0.15) is 23.3 Å². The minimum Gasteiger partial charge on any atom is -0.468 e. The Kier molecular flexibility index (Phi) is 2.77. The van der Waals surface area contributed by atoms with Crippen molar-refractivity contribution in [2.24, 2.45) is 0 Å². The van der Waals surface area contributed by atoms with Crippen LogP contribution in [-0.2, 0) is 4.74 Å². The van der Waals surface area contributed by atoms with E-state index in [2.05, 4.69) is 16.0 Å². The predicted octanol–water partition coefficient (Wildman–Crippen LogP) is 2.42. The first-order valence-electron chi connectivity index (χ1n) is 4.34. The van der Waals surface area contributed by atoms with Crippen LogP contribution in [0.4, 0.5) is 0 Å². The molecule has 0 spiro atoms. The summed E-state index contributed by atoms with van der Waals surface area (Å²) in [6.45, 7) is 0. The molecule has 1 aliphatic rings. The number of aromatic nitrogens is 2. The van der Waals surface area contributed by atoms with Crippen LogP contribution in [0, 0.1) is 6.08 Å². The molecule has 0 aliphatic heterocycles. The summed E-state index contributed by atoms with van der Waals surface area (Å²) >= 11 is 5.79. The fourth-order valence-electron chi connectivity index (χ4n) is 1.27. The number of halogens is 1. The van der Waals surface area contributed by atoms with Crippen LogP contribution >= 0.6 is 11.6 Å². The molecule has 74 valence electrons. The molecule has 1 heterocycles. The highest BCUT2D eigenvalue weighted by atomic mass is 35.5. The van der Waals surface area contributed by atoms with E-state index in [0.717, 1.165) is 11.3 Å². The normalized spacial score (nSPS) is 14.0. The summed E-state index contributed by atoms with van der Waals surface area (Å²) in [6, 6.07) is 1.69. The zero-order valence-electron chi connectivity index (χ0n) is 8.07. The van der Waals surface area contributed by atoms with Gasteiger partial charge in [0, 0.05) is 12.1 Å². The summed E-state index contributed by atoms with van der Waals surface area (Å²) in [5, 5.41) is 0.408. The number of nitrogens with zero attached hydrogens (tertiary/aromatic N) is 2. The average Bonchev–Trinajstić information content (AvgIpc) is 2.29. The maximum Gasteiger partial charge on any atom is 0.299 e. The van der Waals surface area contributed by atoms with Crippen molar-refractivity contribution in [1.29, 1.82) is 0 Å². The Hall–Kier alpha value is -1.70. The van der Waals surface area contributed by atoms with Crippen LogP contribution in [0.3, 0.4) is 0 Å². The molecule has 0 fully saturated rings. The average molecular weight is 220 g/mol. The van der Waals surface area contributed by atoms with Gasteiger partial charge in [-0.25, -0.2) is 9.97 Å². The van der Waals surface area contributed by atoms with Gasteiger partial charge in [0.25, 0.3) is 5.76 Å². The van der Waals surface area contributed by atoms with E-state index in [0.29, 0.717) is 10.9 Å². The highest BCUT2D eigenvalue weighted by Gasteiger charge is 2.20. The summed E-state index contributed by atoms with van der Waals surface area (Å²) < 4.78 is 5.18. The fraction of sp³-hybridized carbons (Fsp3) is 0.0909. The number of ether oxygens (including phenoxy) is 1. The molecule has 0 atom stereocenters. The van der Waals surface area contributed by atoms with E-state index >= 15 is 0 Å². The molecule has 0 N–H and O–H groups in total. The van der Waals surface area contributed by atoms with Gasteiger partial charge in [-0.3, -0.25) is 0 Å². The van der Waals surface area contributed by atoms with Crippen LogP contribution in [0.5, 0.6) is 0 Å². The van der Waals surface area contributed by atoms with E-state index in [4.69, 9.17) is 16.3 Å². The third kappa shape index (κ3) is 2.04. The Labute approximate surface area is 92.8 Å². The second kappa shape index (κ2) is 4.22. The highest BCUT2D eigenvalue weighted by Crippen LogP contribution is 2.24. The minimum atomic E-state index is 0.408. The molecule has 0 aromatic carbocycles. The maximum absolute atomic E-state index is 5.79. The lowest BCUT2D eigenvalue weighted by Crippen LogP contribution is -1.98. The Morgan fingerprint density at radius 3 is 3.00 bits per heavy atom. The summed E-state index contributed by atoms with van der Waals surface area (Å²) in [4.78, 5) is 7.95. The molecule has 3 nitrogen and oxygen atoms in total. The summed E-state index contributed by atoms with van der Waals surface area (Å²) in [5.41, 5.74) is 1.58. The van der Waals surface area contributed by atoms with Crippen molar-refractivity contribution in [3.8, 4) is 0 Å². The molecule has 0 radical (unpaired) electrons. The molecule has 0 saturated heterocycles. The minimum absolute atomic E-state index is 0.408. The van der Waals surface area contributed by atoms with Gasteiger partial charge >= 0.3 is 0 Å². The molecule has 1 aliphatic carbocycles. The Balaban J connectivity index is 2.43. The third-order valence-corrected chi connectivity index (χ3v) is 2.14.